The minimum Gasteiger partial charge on any atom is -0.400 e. The van der Waals surface area contributed by atoms with Gasteiger partial charge in [0.25, 0.3) is 0 Å². The lowest BCUT2D eigenvalue weighted by Crippen LogP contribution is -2.28. The second kappa shape index (κ2) is 9.36. The van der Waals surface area contributed by atoms with Gasteiger partial charge in [-0.3, -0.25) is 4.99 Å². The van der Waals surface area contributed by atoms with Gasteiger partial charge in [-0.25, -0.2) is 0 Å². The number of nitrogens with zero attached hydrogens (tertiary/aromatic N) is 3. The number of nitrogens with two attached hydrogens (primary N) is 1. The first kappa shape index (κ1) is 17.4. The Morgan fingerprint density at radius 2 is 2.06 bits per heavy atom. The van der Waals surface area contributed by atoms with Crippen LogP contribution in [0.15, 0.2) is 15.7 Å². The molecule has 0 aliphatic carbocycles. The number of rotatable bonds is 3. The predicted octanol–water partition coefficient (Wildman–Crippen LogP) is 1.76. The fraction of sp³-hybridized carbons (Fsp3) is 0.769. The van der Waals surface area contributed by atoms with Crippen molar-refractivity contribution in [3.05, 3.63) is 10.7 Å². The molecule has 2 N–H and O–H groups in total. The maximum atomic E-state index is 6.26. The van der Waals surface area contributed by atoms with Gasteiger partial charge in [0.15, 0.2) is 0 Å². The van der Waals surface area contributed by atoms with Crippen molar-refractivity contribution in [3.63, 3.8) is 0 Å². The molecule has 0 atom stereocenters. The van der Waals surface area contributed by atoms with Crippen LogP contribution in [0.3, 0.4) is 0 Å². The van der Waals surface area contributed by atoms with Crippen molar-refractivity contribution in [2.45, 2.75) is 20.3 Å². The first-order chi connectivity index (χ1) is 8.50. The van der Waals surface area contributed by atoms with Crippen LogP contribution in [0.1, 0.15) is 20.3 Å². The van der Waals surface area contributed by atoms with Crippen molar-refractivity contribution in [1.29, 1.82) is 0 Å². The zero-order valence-corrected chi connectivity index (χ0v) is 13.1. The van der Waals surface area contributed by atoms with E-state index in [2.05, 4.69) is 16.9 Å². The molecule has 1 aliphatic rings. The summed E-state index contributed by atoms with van der Waals surface area (Å²) in [4.78, 5) is 8.71. The summed E-state index contributed by atoms with van der Waals surface area (Å²) in [6.07, 6.45) is 1.08. The van der Waals surface area contributed by atoms with E-state index in [0.717, 1.165) is 31.8 Å². The Morgan fingerprint density at radius 1 is 1.44 bits per heavy atom. The summed E-state index contributed by atoms with van der Waals surface area (Å²) in [5.41, 5.74) is 7.56. The molecule has 0 amide bonds. The molecule has 1 aliphatic heterocycles. The minimum atomic E-state index is 0.627. The summed E-state index contributed by atoms with van der Waals surface area (Å²) in [7, 11) is 6.02. The Kier molecular flexibility index (Phi) is 9.06. The molecular weight excluding hydrogens is 248 g/mol. The molecule has 0 aromatic heterocycles. The Hall–Kier alpha value is -0.580. The van der Waals surface area contributed by atoms with Gasteiger partial charge >= 0.3 is 0 Å². The zero-order chi connectivity index (χ0) is 14.1. The van der Waals surface area contributed by atoms with E-state index in [4.69, 9.17) is 17.3 Å². The van der Waals surface area contributed by atoms with E-state index >= 15 is 0 Å². The maximum absolute atomic E-state index is 6.26. The monoisotopic (exact) mass is 274 g/mol. The van der Waals surface area contributed by atoms with Crippen molar-refractivity contribution >= 4 is 17.3 Å². The molecule has 0 saturated heterocycles. The summed E-state index contributed by atoms with van der Waals surface area (Å²) >= 11 is 6.26. The molecule has 0 bridgehead atoms. The molecule has 1 rings (SSSR count). The molecular formula is C13H27ClN4. The Labute approximate surface area is 116 Å². The van der Waals surface area contributed by atoms with Gasteiger partial charge in [-0.05, 0) is 27.6 Å². The second-order valence-electron chi connectivity index (χ2n) is 4.50. The quantitative estimate of drug-likeness (QED) is 0.853. The number of halogens is 1. The van der Waals surface area contributed by atoms with E-state index in [1.165, 1.54) is 0 Å². The molecule has 4 nitrogen and oxygen atoms in total. The van der Waals surface area contributed by atoms with Crippen molar-refractivity contribution in [2.75, 3.05) is 47.3 Å². The van der Waals surface area contributed by atoms with Gasteiger partial charge in [0.1, 0.15) is 0 Å². The predicted molar refractivity (Wildman–Crippen MR) is 81.4 cm³/mol. The summed E-state index contributed by atoms with van der Waals surface area (Å²) in [6.45, 7) is 7.35. The van der Waals surface area contributed by atoms with Crippen LogP contribution in [-0.4, -0.2) is 62.8 Å². The molecule has 0 radical (unpaired) electrons. The third-order valence-electron chi connectivity index (χ3n) is 2.44. The number of likely N-dealkylation sites (N-methyl/N-ethyl adjacent to an activating group) is 1. The fourth-order valence-corrected chi connectivity index (χ4v) is 1.85. The Bertz CT molecular complexity index is 297. The van der Waals surface area contributed by atoms with Crippen LogP contribution >= 0.6 is 11.6 Å². The van der Waals surface area contributed by atoms with Crippen LogP contribution in [0.25, 0.3) is 0 Å². The second-order valence-corrected chi connectivity index (χ2v) is 4.87. The van der Waals surface area contributed by atoms with E-state index < -0.39 is 0 Å². The lowest BCUT2D eigenvalue weighted by molar-refractivity contribution is 0.385. The highest BCUT2D eigenvalue weighted by Gasteiger charge is 2.14. The smallest absolute Gasteiger partial charge is 0.0830 e. The highest BCUT2D eigenvalue weighted by atomic mass is 35.5. The Balaban J connectivity index is 0.00000137. The molecule has 0 saturated carbocycles. The summed E-state index contributed by atoms with van der Waals surface area (Å²) in [5, 5.41) is 0.627. The molecule has 106 valence electrons. The van der Waals surface area contributed by atoms with E-state index in [1.54, 1.807) is 0 Å². The molecule has 0 aromatic rings. The molecule has 5 heteroatoms. The van der Waals surface area contributed by atoms with E-state index in [0.29, 0.717) is 17.3 Å². The topological polar surface area (TPSA) is 44.9 Å². The number of hydrogen-bond acceptors (Lipinski definition) is 4. The number of aliphatic imine (C=N–C) groups is 1. The summed E-state index contributed by atoms with van der Waals surface area (Å²) < 4.78 is 0. The first-order valence-electron chi connectivity index (χ1n) is 6.51. The van der Waals surface area contributed by atoms with E-state index in [-0.39, 0.29) is 0 Å². The average Bonchev–Trinajstić information content (AvgIpc) is 2.54. The van der Waals surface area contributed by atoms with Gasteiger partial charge in [0.05, 0.1) is 10.7 Å². The third kappa shape index (κ3) is 6.38. The fourth-order valence-electron chi connectivity index (χ4n) is 1.67. The molecule has 0 fully saturated rings. The van der Waals surface area contributed by atoms with Crippen LogP contribution in [0.2, 0.25) is 0 Å². The minimum absolute atomic E-state index is 0.627. The van der Waals surface area contributed by atoms with Gasteiger partial charge in [-0.15, -0.1) is 0 Å². The standard InChI is InChI=1S/C11H21ClN4.C2H6/c1-15(2)7-9(13)11(12)10-8-16(3)6-4-5-14-10;1-2/h4-8,13H2,1-3H3;1-2H3/b11-9+;. The van der Waals surface area contributed by atoms with Crippen LogP contribution in [0, 0.1) is 0 Å². The summed E-state index contributed by atoms with van der Waals surface area (Å²) in [6, 6.07) is 0. The third-order valence-corrected chi connectivity index (χ3v) is 2.90. The van der Waals surface area contributed by atoms with Crippen LogP contribution in [-0.2, 0) is 0 Å². The lowest BCUT2D eigenvalue weighted by Gasteiger charge is -2.16. The van der Waals surface area contributed by atoms with E-state index in [1.807, 2.05) is 32.8 Å². The number of hydrogen-bond donors (Lipinski definition) is 1. The van der Waals surface area contributed by atoms with Crippen LogP contribution < -0.4 is 5.73 Å². The molecule has 0 aromatic carbocycles. The van der Waals surface area contributed by atoms with Crippen molar-refractivity contribution in [3.8, 4) is 0 Å². The van der Waals surface area contributed by atoms with Gasteiger partial charge in [0.2, 0.25) is 0 Å². The van der Waals surface area contributed by atoms with Crippen LogP contribution in [0.5, 0.6) is 0 Å². The maximum Gasteiger partial charge on any atom is 0.0830 e. The van der Waals surface area contributed by atoms with Gasteiger partial charge in [-0.1, -0.05) is 25.4 Å². The van der Waals surface area contributed by atoms with Crippen molar-refractivity contribution < 1.29 is 0 Å². The highest BCUT2D eigenvalue weighted by Crippen LogP contribution is 2.12. The summed E-state index contributed by atoms with van der Waals surface area (Å²) in [5.74, 6) is 0. The van der Waals surface area contributed by atoms with Crippen molar-refractivity contribution in [1.82, 2.24) is 9.80 Å². The highest BCUT2D eigenvalue weighted by molar-refractivity contribution is 6.44. The van der Waals surface area contributed by atoms with Crippen molar-refractivity contribution in [2.24, 2.45) is 10.7 Å². The van der Waals surface area contributed by atoms with Gasteiger partial charge < -0.3 is 15.5 Å². The molecule has 0 unspecified atom stereocenters. The Morgan fingerprint density at radius 3 is 2.61 bits per heavy atom. The zero-order valence-electron chi connectivity index (χ0n) is 12.3. The molecule has 18 heavy (non-hydrogen) atoms. The lowest BCUT2D eigenvalue weighted by atomic mass is 10.2. The first-order valence-corrected chi connectivity index (χ1v) is 6.89. The normalized spacial score (nSPS) is 18.5. The molecule has 0 spiro atoms. The SMILES string of the molecule is CC.CN(C)C/C(N)=C(\Cl)C1=NCCCN(C)C1. The average molecular weight is 275 g/mol. The largest absolute Gasteiger partial charge is 0.400 e. The molecule has 1 heterocycles. The van der Waals surface area contributed by atoms with E-state index in [9.17, 15) is 0 Å². The van der Waals surface area contributed by atoms with Gasteiger partial charge in [0, 0.05) is 31.9 Å². The van der Waals surface area contributed by atoms with Crippen LogP contribution in [0.4, 0.5) is 0 Å². The van der Waals surface area contributed by atoms with Gasteiger partial charge in [-0.2, -0.15) is 0 Å².